The van der Waals surface area contributed by atoms with Gasteiger partial charge in [0, 0.05) is 13.1 Å². The molecule has 0 saturated heterocycles. The Morgan fingerprint density at radius 2 is 1.93 bits per heavy atom. The molecule has 0 N–H and O–H groups in total. The molecule has 0 unspecified atom stereocenters. The lowest BCUT2D eigenvalue weighted by Crippen LogP contribution is -2.35. The smallest absolute Gasteiger partial charge is 0.266 e. The van der Waals surface area contributed by atoms with E-state index < -0.39 is 0 Å². The van der Waals surface area contributed by atoms with Crippen molar-refractivity contribution in [3.8, 4) is 5.69 Å². The summed E-state index contributed by atoms with van der Waals surface area (Å²) >= 11 is 7.69. The van der Waals surface area contributed by atoms with Crippen LogP contribution in [0.15, 0.2) is 58.5 Å². The first kappa shape index (κ1) is 20.9. The van der Waals surface area contributed by atoms with Crippen molar-refractivity contribution in [3.05, 3.63) is 63.9 Å². The molecule has 0 atom stereocenters. The van der Waals surface area contributed by atoms with Crippen LogP contribution in [0.1, 0.15) is 26.2 Å². The highest BCUT2D eigenvalue weighted by Crippen LogP contribution is 2.30. The standard InChI is InChI=1S/C23H24ClN3O2S/c1-2-13-26(14-16-11-12-16)21(28)15-30-23-25-19-9-5-3-7-17(19)22(29)27(23)20-10-6-4-8-18(20)24/h3-10,16H,2,11-15H2,1H3. The first-order valence-electron chi connectivity index (χ1n) is 10.3. The van der Waals surface area contributed by atoms with Gasteiger partial charge in [0.25, 0.3) is 5.56 Å². The Balaban J connectivity index is 1.69. The van der Waals surface area contributed by atoms with Crippen LogP contribution in [0.5, 0.6) is 0 Å². The largest absolute Gasteiger partial charge is 0.342 e. The maximum absolute atomic E-state index is 13.3. The number of para-hydroxylation sites is 2. The molecule has 1 saturated carbocycles. The van der Waals surface area contributed by atoms with E-state index in [2.05, 4.69) is 6.92 Å². The van der Waals surface area contributed by atoms with Crippen molar-refractivity contribution < 1.29 is 4.79 Å². The molecule has 1 aliphatic rings. The number of halogens is 1. The lowest BCUT2D eigenvalue weighted by atomic mass is 10.2. The number of hydrogen-bond donors (Lipinski definition) is 0. The minimum atomic E-state index is -0.188. The molecule has 2 aromatic carbocycles. The Morgan fingerprint density at radius 1 is 1.20 bits per heavy atom. The van der Waals surface area contributed by atoms with E-state index >= 15 is 0 Å². The number of aromatic nitrogens is 2. The van der Waals surface area contributed by atoms with Crippen LogP contribution in [-0.4, -0.2) is 39.2 Å². The minimum absolute atomic E-state index is 0.0851. The van der Waals surface area contributed by atoms with Crippen molar-refractivity contribution >= 4 is 40.2 Å². The second-order valence-electron chi connectivity index (χ2n) is 7.58. The zero-order valence-corrected chi connectivity index (χ0v) is 18.5. The van der Waals surface area contributed by atoms with Gasteiger partial charge in [0.15, 0.2) is 5.16 Å². The average molecular weight is 442 g/mol. The predicted octanol–water partition coefficient (Wildman–Crippen LogP) is 4.78. The molecule has 3 aromatic rings. The summed E-state index contributed by atoms with van der Waals surface area (Å²) in [5.41, 5.74) is 0.997. The van der Waals surface area contributed by atoms with Crippen LogP contribution in [-0.2, 0) is 4.79 Å². The number of carbonyl (C=O) groups excluding carboxylic acids is 1. The first-order valence-corrected chi connectivity index (χ1v) is 11.6. The summed E-state index contributed by atoms with van der Waals surface area (Å²) in [6.07, 6.45) is 3.35. The van der Waals surface area contributed by atoms with Gasteiger partial charge in [-0.25, -0.2) is 4.98 Å². The number of benzene rings is 2. The summed E-state index contributed by atoms with van der Waals surface area (Å²) in [5.74, 6) is 0.967. The van der Waals surface area contributed by atoms with Gasteiger partial charge >= 0.3 is 0 Å². The van der Waals surface area contributed by atoms with E-state index in [0.29, 0.717) is 32.7 Å². The third kappa shape index (κ3) is 4.55. The average Bonchev–Trinajstić information content (AvgIpc) is 3.57. The topological polar surface area (TPSA) is 55.2 Å². The first-order chi connectivity index (χ1) is 14.6. The lowest BCUT2D eigenvalue weighted by Gasteiger charge is -2.22. The molecule has 7 heteroatoms. The number of nitrogens with zero attached hydrogens (tertiary/aromatic N) is 3. The fourth-order valence-electron chi connectivity index (χ4n) is 3.47. The summed E-state index contributed by atoms with van der Waals surface area (Å²) in [4.78, 5) is 32.8. The van der Waals surface area contributed by atoms with Crippen molar-refractivity contribution in [2.24, 2.45) is 5.92 Å². The molecule has 0 spiro atoms. The molecule has 1 amide bonds. The van der Waals surface area contributed by atoms with Gasteiger partial charge in [-0.1, -0.05) is 54.6 Å². The summed E-state index contributed by atoms with van der Waals surface area (Å²) in [6.45, 7) is 3.67. The molecule has 1 aromatic heterocycles. The van der Waals surface area contributed by atoms with Gasteiger partial charge in [-0.2, -0.15) is 0 Å². The highest BCUT2D eigenvalue weighted by molar-refractivity contribution is 7.99. The van der Waals surface area contributed by atoms with E-state index in [-0.39, 0.29) is 17.2 Å². The van der Waals surface area contributed by atoms with Crippen molar-refractivity contribution in [1.82, 2.24) is 14.5 Å². The Kier molecular flexibility index (Phi) is 6.44. The summed E-state index contributed by atoms with van der Waals surface area (Å²) in [7, 11) is 0. The van der Waals surface area contributed by atoms with Crippen LogP contribution >= 0.6 is 23.4 Å². The van der Waals surface area contributed by atoms with Crippen molar-refractivity contribution in [2.75, 3.05) is 18.8 Å². The van der Waals surface area contributed by atoms with Gasteiger partial charge in [-0.05, 0) is 49.4 Å². The molecule has 0 bridgehead atoms. The molecule has 1 aliphatic carbocycles. The highest BCUT2D eigenvalue weighted by atomic mass is 35.5. The van der Waals surface area contributed by atoms with Crippen LogP contribution in [0.3, 0.4) is 0 Å². The lowest BCUT2D eigenvalue weighted by molar-refractivity contribution is -0.128. The van der Waals surface area contributed by atoms with Crippen LogP contribution in [0.2, 0.25) is 5.02 Å². The van der Waals surface area contributed by atoms with E-state index in [0.717, 1.165) is 19.5 Å². The molecular formula is C23H24ClN3O2S. The zero-order chi connectivity index (χ0) is 21.1. The molecule has 1 fully saturated rings. The number of rotatable bonds is 8. The molecule has 30 heavy (non-hydrogen) atoms. The SMILES string of the molecule is CCCN(CC1CC1)C(=O)CSc1nc2ccccc2c(=O)n1-c1ccccc1Cl. The highest BCUT2D eigenvalue weighted by Gasteiger charge is 2.26. The van der Waals surface area contributed by atoms with E-state index in [1.165, 1.54) is 29.2 Å². The van der Waals surface area contributed by atoms with E-state index in [1.807, 2.05) is 35.2 Å². The van der Waals surface area contributed by atoms with Crippen LogP contribution < -0.4 is 5.56 Å². The zero-order valence-electron chi connectivity index (χ0n) is 16.9. The summed E-state index contributed by atoms with van der Waals surface area (Å²) in [5, 5.41) is 1.46. The number of amides is 1. The van der Waals surface area contributed by atoms with Crippen LogP contribution in [0.25, 0.3) is 16.6 Å². The second kappa shape index (κ2) is 9.23. The number of fused-ring (bicyclic) bond motifs is 1. The Labute approximate surface area is 185 Å². The molecule has 5 nitrogen and oxygen atoms in total. The quantitative estimate of drug-likeness (QED) is 0.373. The Hall–Kier alpha value is -2.31. The fourth-order valence-corrected chi connectivity index (χ4v) is 4.60. The molecule has 4 rings (SSSR count). The summed E-state index contributed by atoms with van der Waals surface area (Å²) in [6, 6.07) is 14.4. The third-order valence-electron chi connectivity index (χ3n) is 5.18. The fraction of sp³-hybridized carbons (Fsp3) is 0.348. The number of carbonyl (C=O) groups is 1. The normalized spacial score (nSPS) is 13.5. The van der Waals surface area contributed by atoms with Gasteiger partial charge in [0.1, 0.15) is 0 Å². The molecule has 156 valence electrons. The monoisotopic (exact) mass is 441 g/mol. The van der Waals surface area contributed by atoms with E-state index in [1.54, 1.807) is 18.2 Å². The van der Waals surface area contributed by atoms with E-state index in [4.69, 9.17) is 16.6 Å². The molecule has 0 radical (unpaired) electrons. The second-order valence-corrected chi connectivity index (χ2v) is 8.93. The third-order valence-corrected chi connectivity index (χ3v) is 6.43. The molecule has 0 aliphatic heterocycles. The maximum Gasteiger partial charge on any atom is 0.266 e. The molecular weight excluding hydrogens is 418 g/mol. The van der Waals surface area contributed by atoms with Gasteiger partial charge in [-0.15, -0.1) is 0 Å². The van der Waals surface area contributed by atoms with Gasteiger partial charge in [0.05, 0.1) is 27.4 Å². The molecule has 1 heterocycles. The maximum atomic E-state index is 13.3. The summed E-state index contributed by atoms with van der Waals surface area (Å²) < 4.78 is 1.52. The van der Waals surface area contributed by atoms with Crippen molar-refractivity contribution in [1.29, 1.82) is 0 Å². The Morgan fingerprint density at radius 3 is 2.67 bits per heavy atom. The van der Waals surface area contributed by atoms with Crippen molar-refractivity contribution in [2.45, 2.75) is 31.3 Å². The van der Waals surface area contributed by atoms with E-state index in [9.17, 15) is 9.59 Å². The van der Waals surface area contributed by atoms with Crippen LogP contribution in [0, 0.1) is 5.92 Å². The number of thioether (sulfide) groups is 1. The van der Waals surface area contributed by atoms with Gasteiger partial charge < -0.3 is 4.90 Å². The number of hydrogen-bond acceptors (Lipinski definition) is 4. The Bertz CT molecular complexity index is 1130. The van der Waals surface area contributed by atoms with Crippen molar-refractivity contribution in [3.63, 3.8) is 0 Å². The van der Waals surface area contributed by atoms with Gasteiger partial charge in [-0.3, -0.25) is 14.2 Å². The van der Waals surface area contributed by atoms with Crippen LogP contribution in [0.4, 0.5) is 0 Å². The predicted molar refractivity (Wildman–Crippen MR) is 123 cm³/mol. The van der Waals surface area contributed by atoms with Gasteiger partial charge in [0.2, 0.25) is 5.91 Å². The minimum Gasteiger partial charge on any atom is -0.342 e.